The maximum Gasteiger partial charge on any atom is 0.163 e. The SMILES string of the molecule is CCn1ncc(OC)c1C(O)c1ccc(Cl)cc1. The van der Waals surface area contributed by atoms with Crippen LogP contribution in [0.4, 0.5) is 0 Å². The highest BCUT2D eigenvalue weighted by atomic mass is 35.5. The van der Waals surface area contributed by atoms with Crippen LogP contribution in [0.25, 0.3) is 0 Å². The van der Waals surface area contributed by atoms with Crippen molar-refractivity contribution < 1.29 is 9.84 Å². The molecule has 0 aliphatic rings. The number of aliphatic hydroxyl groups excluding tert-OH is 1. The number of nitrogens with zero attached hydrogens (tertiary/aromatic N) is 2. The van der Waals surface area contributed by atoms with E-state index < -0.39 is 6.10 Å². The van der Waals surface area contributed by atoms with Crippen molar-refractivity contribution in [2.24, 2.45) is 0 Å². The van der Waals surface area contributed by atoms with Crippen LogP contribution < -0.4 is 4.74 Å². The largest absolute Gasteiger partial charge is 0.493 e. The Bertz CT molecular complexity index is 501. The van der Waals surface area contributed by atoms with Gasteiger partial charge in [0.2, 0.25) is 0 Å². The Kier molecular flexibility index (Phi) is 3.89. The molecule has 4 nitrogen and oxygen atoms in total. The molecule has 2 aromatic rings. The topological polar surface area (TPSA) is 47.3 Å². The van der Waals surface area contributed by atoms with Gasteiger partial charge in [0.25, 0.3) is 0 Å². The van der Waals surface area contributed by atoms with E-state index in [1.165, 1.54) is 0 Å². The maximum absolute atomic E-state index is 10.4. The van der Waals surface area contributed by atoms with Crippen LogP contribution in [0.1, 0.15) is 24.3 Å². The Balaban J connectivity index is 2.41. The van der Waals surface area contributed by atoms with Crippen molar-refractivity contribution in [2.45, 2.75) is 19.6 Å². The predicted octanol–water partition coefficient (Wildman–Crippen LogP) is 2.65. The van der Waals surface area contributed by atoms with Gasteiger partial charge in [-0.25, -0.2) is 0 Å². The fraction of sp³-hybridized carbons (Fsp3) is 0.308. The van der Waals surface area contributed by atoms with Gasteiger partial charge in [0.1, 0.15) is 11.8 Å². The number of aryl methyl sites for hydroxylation is 1. The van der Waals surface area contributed by atoms with Gasteiger partial charge in [0.15, 0.2) is 5.75 Å². The molecule has 0 aliphatic heterocycles. The van der Waals surface area contributed by atoms with Crippen LogP contribution >= 0.6 is 11.6 Å². The Morgan fingerprint density at radius 3 is 2.61 bits per heavy atom. The zero-order valence-corrected chi connectivity index (χ0v) is 11.1. The lowest BCUT2D eigenvalue weighted by atomic mass is 10.1. The molecule has 0 aliphatic carbocycles. The van der Waals surface area contributed by atoms with E-state index in [4.69, 9.17) is 16.3 Å². The van der Waals surface area contributed by atoms with E-state index in [2.05, 4.69) is 5.10 Å². The number of hydrogen-bond donors (Lipinski definition) is 1. The first-order chi connectivity index (χ1) is 8.67. The first kappa shape index (κ1) is 12.9. The van der Waals surface area contributed by atoms with Crippen LogP contribution in [-0.2, 0) is 6.54 Å². The average Bonchev–Trinajstić information content (AvgIpc) is 2.81. The molecule has 0 radical (unpaired) electrons. The Morgan fingerprint density at radius 1 is 1.39 bits per heavy atom. The van der Waals surface area contributed by atoms with Crippen molar-refractivity contribution in [3.8, 4) is 5.75 Å². The van der Waals surface area contributed by atoms with E-state index >= 15 is 0 Å². The summed E-state index contributed by atoms with van der Waals surface area (Å²) in [6.07, 6.45) is 0.831. The van der Waals surface area contributed by atoms with Crippen LogP contribution in [-0.4, -0.2) is 22.0 Å². The molecule has 1 aromatic heterocycles. The molecule has 1 N–H and O–H groups in total. The molecule has 1 atom stereocenters. The van der Waals surface area contributed by atoms with Gasteiger partial charge in [-0.2, -0.15) is 5.10 Å². The highest BCUT2D eigenvalue weighted by Gasteiger charge is 2.20. The molecule has 0 spiro atoms. The summed E-state index contributed by atoms with van der Waals surface area (Å²) in [5, 5.41) is 15.2. The van der Waals surface area contributed by atoms with Gasteiger partial charge in [-0.1, -0.05) is 23.7 Å². The van der Waals surface area contributed by atoms with Gasteiger partial charge in [-0.15, -0.1) is 0 Å². The van der Waals surface area contributed by atoms with Crippen molar-refractivity contribution in [3.63, 3.8) is 0 Å². The van der Waals surface area contributed by atoms with E-state index in [0.29, 0.717) is 23.0 Å². The van der Waals surface area contributed by atoms with E-state index in [1.807, 2.05) is 6.92 Å². The van der Waals surface area contributed by atoms with Gasteiger partial charge in [-0.3, -0.25) is 4.68 Å². The number of benzene rings is 1. The van der Waals surface area contributed by atoms with Crippen molar-refractivity contribution in [3.05, 3.63) is 46.7 Å². The summed E-state index contributed by atoms with van der Waals surface area (Å²) in [4.78, 5) is 0. The maximum atomic E-state index is 10.4. The molecule has 1 heterocycles. The summed E-state index contributed by atoms with van der Waals surface area (Å²) in [5.41, 5.74) is 1.41. The van der Waals surface area contributed by atoms with Crippen LogP contribution in [0.2, 0.25) is 5.02 Å². The van der Waals surface area contributed by atoms with E-state index in [9.17, 15) is 5.11 Å². The summed E-state index contributed by atoms with van der Waals surface area (Å²) >= 11 is 5.83. The molecule has 0 saturated heterocycles. The van der Waals surface area contributed by atoms with Crippen LogP contribution in [0.5, 0.6) is 5.75 Å². The minimum Gasteiger partial charge on any atom is -0.493 e. The molecular formula is C13H15ClN2O2. The Morgan fingerprint density at radius 2 is 2.06 bits per heavy atom. The summed E-state index contributed by atoms with van der Waals surface area (Å²) in [6.45, 7) is 2.63. The lowest BCUT2D eigenvalue weighted by molar-refractivity contribution is 0.202. The third-order valence-corrected chi connectivity index (χ3v) is 3.06. The Labute approximate surface area is 111 Å². The highest BCUT2D eigenvalue weighted by Crippen LogP contribution is 2.30. The quantitative estimate of drug-likeness (QED) is 0.925. The third-order valence-electron chi connectivity index (χ3n) is 2.81. The standard InChI is InChI=1S/C13H15ClN2O2/c1-3-16-12(11(18-2)8-15-16)13(17)9-4-6-10(14)7-5-9/h4-8,13,17H,3H2,1-2H3. The number of methoxy groups -OCH3 is 1. The fourth-order valence-electron chi connectivity index (χ4n) is 1.87. The van der Waals surface area contributed by atoms with Crippen LogP contribution in [0.3, 0.4) is 0 Å². The molecule has 0 amide bonds. The highest BCUT2D eigenvalue weighted by molar-refractivity contribution is 6.30. The molecule has 0 fully saturated rings. The molecule has 2 rings (SSSR count). The second-order valence-electron chi connectivity index (χ2n) is 3.87. The average molecular weight is 267 g/mol. The number of rotatable bonds is 4. The number of aliphatic hydroxyl groups is 1. The van der Waals surface area contributed by atoms with Gasteiger partial charge >= 0.3 is 0 Å². The first-order valence-electron chi connectivity index (χ1n) is 5.70. The summed E-state index contributed by atoms with van der Waals surface area (Å²) in [6, 6.07) is 7.08. The first-order valence-corrected chi connectivity index (χ1v) is 6.08. The molecule has 0 saturated carbocycles. The van der Waals surface area contributed by atoms with Gasteiger partial charge in [-0.05, 0) is 24.6 Å². The molecule has 18 heavy (non-hydrogen) atoms. The summed E-state index contributed by atoms with van der Waals surface area (Å²) < 4.78 is 6.95. The van der Waals surface area contributed by atoms with Gasteiger partial charge < -0.3 is 9.84 Å². The molecule has 1 unspecified atom stereocenters. The molecule has 5 heteroatoms. The molecule has 96 valence electrons. The molecular weight excluding hydrogens is 252 g/mol. The van der Waals surface area contributed by atoms with Crippen LogP contribution in [0.15, 0.2) is 30.5 Å². The van der Waals surface area contributed by atoms with Crippen LogP contribution in [0, 0.1) is 0 Å². The lowest BCUT2D eigenvalue weighted by Crippen LogP contribution is -2.10. The zero-order valence-electron chi connectivity index (χ0n) is 10.3. The number of aromatic nitrogens is 2. The minimum absolute atomic E-state index is 0.583. The summed E-state index contributed by atoms with van der Waals surface area (Å²) in [7, 11) is 1.56. The van der Waals surface area contributed by atoms with Gasteiger partial charge in [0, 0.05) is 11.6 Å². The van der Waals surface area contributed by atoms with Crippen molar-refractivity contribution in [1.82, 2.24) is 9.78 Å². The third kappa shape index (κ3) is 2.35. The lowest BCUT2D eigenvalue weighted by Gasteiger charge is -2.14. The van der Waals surface area contributed by atoms with Gasteiger partial charge in [0.05, 0.1) is 13.3 Å². The number of halogens is 1. The normalized spacial score (nSPS) is 12.4. The molecule has 1 aromatic carbocycles. The Hall–Kier alpha value is -1.52. The smallest absolute Gasteiger partial charge is 0.163 e. The second kappa shape index (κ2) is 5.42. The monoisotopic (exact) mass is 266 g/mol. The van der Waals surface area contributed by atoms with E-state index in [1.54, 1.807) is 42.3 Å². The minimum atomic E-state index is -0.778. The fourth-order valence-corrected chi connectivity index (χ4v) is 1.99. The van der Waals surface area contributed by atoms with Crippen molar-refractivity contribution >= 4 is 11.6 Å². The second-order valence-corrected chi connectivity index (χ2v) is 4.30. The number of ether oxygens (including phenoxy) is 1. The van der Waals surface area contributed by atoms with Crippen molar-refractivity contribution in [1.29, 1.82) is 0 Å². The molecule has 0 bridgehead atoms. The number of hydrogen-bond acceptors (Lipinski definition) is 3. The zero-order chi connectivity index (χ0) is 13.1. The predicted molar refractivity (Wildman–Crippen MR) is 70.0 cm³/mol. The summed E-state index contributed by atoms with van der Waals surface area (Å²) in [5.74, 6) is 0.583. The van der Waals surface area contributed by atoms with Crippen molar-refractivity contribution in [2.75, 3.05) is 7.11 Å². The van der Waals surface area contributed by atoms with E-state index in [-0.39, 0.29) is 0 Å². The van der Waals surface area contributed by atoms with E-state index in [0.717, 1.165) is 5.56 Å².